The zero-order chi connectivity index (χ0) is 14.7. The molecule has 2 fully saturated rings. The zero-order valence-electron chi connectivity index (χ0n) is 12.7. The quantitative estimate of drug-likeness (QED) is 0.898. The van der Waals surface area contributed by atoms with Gasteiger partial charge in [0, 0.05) is 24.4 Å². The third-order valence-electron chi connectivity index (χ3n) is 4.81. The van der Waals surface area contributed by atoms with Gasteiger partial charge in [0.05, 0.1) is 16.7 Å². The summed E-state index contributed by atoms with van der Waals surface area (Å²) in [6, 6.07) is 0.589. The molecule has 2 N–H and O–H groups in total. The van der Waals surface area contributed by atoms with Crippen LogP contribution >= 0.6 is 11.3 Å². The van der Waals surface area contributed by atoms with Crippen LogP contribution in [0.5, 0.6) is 0 Å². The Bertz CT molecular complexity index is 488. The number of amides is 1. The first kappa shape index (κ1) is 15.0. The number of piperidine rings is 1. The van der Waals surface area contributed by atoms with Gasteiger partial charge in [0.2, 0.25) is 5.91 Å². The average molecular weight is 307 g/mol. The van der Waals surface area contributed by atoms with E-state index < -0.39 is 0 Å². The zero-order valence-corrected chi connectivity index (χ0v) is 13.5. The lowest BCUT2D eigenvalue weighted by Crippen LogP contribution is -2.55. The molecule has 2 heterocycles. The summed E-state index contributed by atoms with van der Waals surface area (Å²) in [7, 11) is 0. The van der Waals surface area contributed by atoms with Crippen molar-refractivity contribution in [3.8, 4) is 0 Å². The molecule has 3 unspecified atom stereocenters. The van der Waals surface area contributed by atoms with Crippen molar-refractivity contribution in [1.82, 2.24) is 15.6 Å². The van der Waals surface area contributed by atoms with E-state index in [0.29, 0.717) is 12.6 Å². The number of carbonyl (C=O) groups excluding carboxylic acids is 1. The number of hydrogen-bond donors (Lipinski definition) is 2. The Hall–Kier alpha value is -0.940. The Morgan fingerprint density at radius 1 is 1.38 bits per heavy atom. The molecule has 116 valence electrons. The van der Waals surface area contributed by atoms with Crippen LogP contribution in [0.3, 0.4) is 0 Å². The minimum Gasteiger partial charge on any atom is -0.354 e. The van der Waals surface area contributed by atoms with E-state index in [1.807, 2.05) is 6.92 Å². The summed E-state index contributed by atoms with van der Waals surface area (Å²) < 4.78 is 0. The first-order chi connectivity index (χ1) is 10.2. The molecular formula is C16H25N3OS. The van der Waals surface area contributed by atoms with E-state index in [-0.39, 0.29) is 11.9 Å². The van der Waals surface area contributed by atoms with Crippen molar-refractivity contribution in [2.24, 2.45) is 5.92 Å². The van der Waals surface area contributed by atoms with Crippen LogP contribution in [0.2, 0.25) is 0 Å². The lowest BCUT2D eigenvalue weighted by Gasteiger charge is -2.39. The molecule has 0 spiro atoms. The first-order valence-electron chi connectivity index (χ1n) is 8.17. The van der Waals surface area contributed by atoms with Crippen LogP contribution in [0.1, 0.15) is 49.2 Å². The number of nitrogens with zero attached hydrogens (tertiary/aromatic N) is 1. The molecule has 3 rings (SSSR count). The van der Waals surface area contributed by atoms with E-state index in [1.54, 1.807) is 11.3 Å². The van der Waals surface area contributed by atoms with E-state index >= 15 is 0 Å². The van der Waals surface area contributed by atoms with Gasteiger partial charge in [-0.2, -0.15) is 0 Å². The highest BCUT2D eigenvalue weighted by atomic mass is 32.1. The molecule has 21 heavy (non-hydrogen) atoms. The van der Waals surface area contributed by atoms with Gasteiger partial charge < -0.3 is 10.6 Å². The van der Waals surface area contributed by atoms with Crippen LogP contribution < -0.4 is 10.6 Å². The van der Waals surface area contributed by atoms with Crippen LogP contribution in [0.15, 0.2) is 5.38 Å². The Morgan fingerprint density at radius 2 is 2.24 bits per heavy atom. The summed E-state index contributed by atoms with van der Waals surface area (Å²) >= 11 is 1.67. The first-order valence-corrected chi connectivity index (χ1v) is 9.05. The molecule has 0 aromatic carbocycles. The Labute approximate surface area is 130 Å². The molecule has 1 amide bonds. The van der Waals surface area contributed by atoms with Gasteiger partial charge in [-0.3, -0.25) is 4.79 Å². The van der Waals surface area contributed by atoms with Crippen molar-refractivity contribution in [2.75, 3.05) is 6.54 Å². The monoisotopic (exact) mass is 307 g/mol. The molecule has 1 saturated carbocycles. The van der Waals surface area contributed by atoms with E-state index in [2.05, 4.69) is 21.0 Å². The molecule has 1 aliphatic carbocycles. The maximum atomic E-state index is 12.3. The summed E-state index contributed by atoms with van der Waals surface area (Å²) in [6.07, 6.45) is 8.29. The Morgan fingerprint density at radius 3 is 3.05 bits per heavy atom. The van der Waals surface area contributed by atoms with E-state index in [4.69, 9.17) is 0 Å². The van der Waals surface area contributed by atoms with Crippen molar-refractivity contribution in [2.45, 2.75) is 64.0 Å². The summed E-state index contributed by atoms with van der Waals surface area (Å²) in [5, 5.41) is 9.82. The topological polar surface area (TPSA) is 54.0 Å². The summed E-state index contributed by atoms with van der Waals surface area (Å²) in [4.78, 5) is 16.7. The Kier molecular flexibility index (Phi) is 4.91. The van der Waals surface area contributed by atoms with Crippen molar-refractivity contribution in [1.29, 1.82) is 0 Å². The summed E-state index contributed by atoms with van der Waals surface area (Å²) in [5.41, 5.74) is 1.08. The van der Waals surface area contributed by atoms with E-state index in [1.165, 1.54) is 32.1 Å². The molecule has 1 aliphatic heterocycles. The van der Waals surface area contributed by atoms with Gasteiger partial charge in [-0.05, 0) is 38.5 Å². The molecule has 1 aromatic rings. The number of rotatable bonds is 4. The normalized spacial score (nSPS) is 28.9. The standard InChI is InChI=1S/C16H25N3OS/c1-11-18-13(10-21-11)8-9-17-16(20)15-7-6-12-4-2-3-5-14(12)19-15/h10,12,14-15,19H,2-9H2,1H3,(H,17,20). The molecular weight excluding hydrogens is 282 g/mol. The minimum atomic E-state index is 0.0153. The highest BCUT2D eigenvalue weighted by molar-refractivity contribution is 7.09. The van der Waals surface area contributed by atoms with Crippen molar-refractivity contribution in [3.63, 3.8) is 0 Å². The molecule has 1 aromatic heterocycles. The smallest absolute Gasteiger partial charge is 0.237 e. The highest BCUT2D eigenvalue weighted by Gasteiger charge is 2.34. The number of aryl methyl sites for hydroxylation is 1. The third-order valence-corrected chi connectivity index (χ3v) is 5.64. The molecule has 0 bridgehead atoms. The lowest BCUT2D eigenvalue weighted by molar-refractivity contribution is -0.124. The molecule has 2 aliphatic rings. The maximum absolute atomic E-state index is 12.3. The lowest BCUT2D eigenvalue weighted by atomic mass is 9.77. The molecule has 5 heteroatoms. The number of nitrogens with one attached hydrogen (secondary N) is 2. The average Bonchev–Trinajstić information content (AvgIpc) is 2.92. The Balaban J connectivity index is 1.43. The second-order valence-electron chi connectivity index (χ2n) is 6.35. The predicted octanol–water partition coefficient (Wildman–Crippen LogP) is 2.42. The van der Waals surface area contributed by atoms with E-state index in [9.17, 15) is 4.79 Å². The molecule has 4 nitrogen and oxygen atoms in total. The highest BCUT2D eigenvalue weighted by Crippen LogP contribution is 2.32. The van der Waals surface area contributed by atoms with Crippen LogP contribution in [0.4, 0.5) is 0 Å². The van der Waals surface area contributed by atoms with Crippen molar-refractivity contribution in [3.05, 3.63) is 16.1 Å². The number of aromatic nitrogens is 1. The largest absolute Gasteiger partial charge is 0.354 e. The number of carbonyl (C=O) groups is 1. The van der Waals surface area contributed by atoms with Gasteiger partial charge in [-0.15, -0.1) is 11.3 Å². The number of thiazole rings is 1. The molecule has 3 atom stereocenters. The number of hydrogen-bond acceptors (Lipinski definition) is 4. The summed E-state index contributed by atoms with van der Waals surface area (Å²) in [6.45, 7) is 2.70. The van der Waals surface area contributed by atoms with Gasteiger partial charge in [-0.25, -0.2) is 4.98 Å². The predicted molar refractivity (Wildman–Crippen MR) is 85.5 cm³/mol. The fraction of sp³-hybridized carbons (Fsp3) is 0.750. The molecule has 1 saturated heterocycles. The second kappa shape index (κ2) is 6.88. The molecule has 0 radical (unpaired) electrons. The fourth-order valence-corrected chi connectivity index (χ4v) is 4.31. The van der Waals surface area contributed by atoms with Crippen molar-refractivity contribution >= 4 is 17.2 Å². The van der Waals surface area contributed by atoms with Gasteiger partial charge >= 0.3 is 0 Å². The minimum absolute atomic E-state index is 0.0153. The number of fused-ring (bicyclic) bond motifs is 1. The van der Waals surface area contributed by atoms with E-state index in [0.717, 1.165) is 29.5 Å². The van der Waals surface area contributed by atoms with Gasteiger partial charge in [0.1, 0.15) is 0 Å². The van der Waals surface area contributed by atoms with Crippen LogP contribution in [0, 0.1) is 12.8 Å². The van der Waals surface area contributed by atoms with Gasteiger partial charge in [-0.1, -0.05) is 12.8 Å². The SMILES string of the molecule is Cc1nc(CCNC(=O)C2CCC3CCCCC3N2)cs1. The van der Waals surface area contributed by atoms with Gasteiger partial charge in [0.25, 0.3) is 0 Å². The van der Waals surface area contributed by atoms with Crippen LogP contribution in [-0.4, -0.2) is 29.5 Å². The van der Waals surface area contributed by atoms with Crippen molar-refractivity contribution < 1.29 is 4.79 Å². The second-order valence-corrected chi connectivity index (χ2v) is 7.41. The van der Waals surface area contributed by atoms with Crippen LogP contribution in [-0.2, 0) is 11.2 Å². The maximum Gasteiger partial charge on any atom is 0.237 e. The van der Waals surface area contributed by atoms with Crippen LogP contribution in [0.25, 0.3) is 0 Å². The van der Waals surface area contributed by atoms with Gasteiger partial charge in [0.15, 0.2) is 0 Å². The summed E-state index contributed by atoms with van der Waals surface area (Å²) in [5.74, 6) is 0.978. The third kappa shape index (κ3) is 3.83. The fourth-order valence-electron chi connectivity index (χ4n) is 3.66.